The summed E-state index contributed by atoms with van der Waals surface area (Å²) in [6, 6.07) is 17.4. The number of carbonyl (C=O) groups excluding carboxylic acids is 1. The number of hydrogen-bond donors (Lipinski definition) is 0. The molecule has 4 rings (SSSR count). The van der Waals surface area contributed by atoms with Gasteiger partial charge in [0.1, 0.15) is 10.0 Å². The van der Waals surface area contributed by atoms with Gasteiger partial charge in [-0.25, -0.2) is 8.42 Å². The topological polar surface area (TPSA) is 74.5 Å². The van der Waals surface area contributed by atoms with E-state index >= 15 is 0 Å². The zero-order valence-corrected chi connectivity index (χ0v) is 26.0. The van der Waals surface area contributed by atoms with Gasteiger partial charge in [0, 0.05) is 10.6 Å². The molecule has 0 heterocycles. The predicted octanol–water partition coefficient (Wildman–Crippen LogP) is 4.64. The molecule has 9 heteroatoms. The number of nitrogens with zero attached hydrogens (tertiary/aromatic N) is 1. The van der Waals surface area contributed by atoms with Crippen molar-refractivity contribution >= 4 is 45.2 Å². The summed E-state index contributed by atoms with van der Waals surface area (Å²) in [6.45, 7) is 4.89. The molecule has 3 aromatic carbocycles. The van der Waals surface area contributed by atoms with Crippen LogP contribution in [0.5, 0.6) is 0 Å². The fourth-order valence-corrected chi connectivity index (χ4v) is 5.81. The Morgan fingerprint density at radius 1 is 1.03 bits per heavy atom. The second-order valence-corrected chi connectivity index (χ2v) is 12.0. The maximum atomic E-state index is 12.7. The van der Waals surface area contributed by atoms with Crippen LogP contribution in [0.2, 0.25) is 10.0 Å². The van der Waals surface area contributed by atoms with Crippen molar-refractivity contribution in [1.29, 1.82) is 0 Å². The Hall–Kier alpha value is -1.64. The van der Waals surface area contributed by atoms with E-state index in [-0.39, 0.29) is 56.2 Å². The van der Waals surface area contributed by atoms with E-state index in [1.807, 2.05) is 6.07 Å². The average molecular weight is 581 g/mol. The number of carbonyl (C=O) groups is 1. The normalized spacial score (nSPS) is 14.9. The number of sulfonamides is 1. The summed E-state index contributed by atoms with van der Waals surface area (Å²) in [4.78, 5) is 12.4. The Bertz CT molecular complexity index is 1420. The van der Waals surface area contributed by atoms with E-state index in [0.29, 0.717) is 18.9 Å². The largest absolute Gasteiger partial charge is 1.00 e. The van der Waals surface area contributed by atoms with Crippen LogP contribution < -0.4 is 29.6 Å². The van der Waals surface area contributed by atoms with Gasteiger partial charge in [-0.2, -0.15) is 0 Å². The van der Waals surface area contributed by atoms with E-state index in [1.54, 1.807) is 12.1 Å². The number of fused-ring (bicyclic) bond motifs is 1. The fourth-order valence-electron chi connectivity index (χ4n) is 4.14. The van der Waals surface area contributed by atoms with Crippen LogP contribution in [-0.2, 0) is 34.2 Å². The summed E-state index contributed by atoms with van der Waals surface area (Å²) >= 11 is 11.8. The van der Waals surface area contributed by atoms with Crippen LogP contribution >= 0.6 is 23.2 Å². The molecule has 1 amide bonds. The molecule has 0 radical (unpaired) electrons. The third kappa shape index (κ3) is 8.18. The van der Waals surface area contributed by atoms with Crippen molar-refractivity contribution in [1.82, 2.24) is 0 Å². The van der Waals surface area contributed by atoms with Gasteiger partial charge in [0.15, 0.2) is 0 Å². The fraction of sp³-hybridized carbons (Fsp3) is 0.276. The first-order valence-electron chi connectivity index (χ1n) is 12.1. The second kappa shape index (κ2) is 13.6. The van der Waals surface area contributed by atoms with Crippen LogP contribution in [0.3, 0.4) is 0 Å². The average Bonchev–Trinajstić information content (AvgIpc) is 3.25. The molecule has 0 aliphatic heterocycles. The van der Waals surface area contributed by atoms with Gasteiger partial charge in [-0.3, -0.25) is 0 Å². The van der Waals surface area contributed by atoms with E-state index < -0.39 is 15.9 Å². The number of benzene rings is 3. The molecule has 0 aromatic heterocycles. The Labute approximate surface area is 256 Å². The first-order valence-corrected chi connectivity index (χ1v) is 14.3. The summed E-state index contributed by atoms with van der Waals surface area (Å²) in [5.41, 5.74) is 4.50. The maximum Gasteiger partial charge on any atom is 1.00 e. The summed E-state index contributed by atoms with van der Waals surface area (Å²) in [7, 11) is -4.28. The van der Waals surface area contributed by atoms with E-state index in [0.717, 1.165) is 29.5 Å². The van der Waals surface area contributed by atoms with Crippen molar-refractivity contribution in [3.05, 3.63) is 109 Å². The van der Waals surface area contributed by atoms with Crippen LogP contribution in [0.25, 0.3) is 10.8 Å². The molecule has 1 aliphatic carbocycles. The third-order valence-corrected chi connectivity index (χ3v) is 8.08. The number of allylic oxidation sites excluding steroid dienone is 1. The van der Waals surface area contributed by atoms with E-state index in [2.05, 4.69) is 55.0 Å². The molecule has 0 fully saturated rings. The number of rotatable bonds is 9. The summed E-state index contributed by atoms with van der Waals surface area (Å²) in [5.74, 6) is -0.203. The molecule has 0 saturated carbocycles. The zero-order valence-electron chi connectivity index (χ0n) is 21.7. The van der Waals surface area contributed by atoms with Crippen LogP contribution in [0.1, 0.15) is 52.9 Å². The summed E-state index contributed by atoms with van der Waals surface area (Å²) in [5, 5.41) is 0.201. The molecule has 0 bridgehead atoms. The van der Waals surface area contributed by atoms with Crippen molar-refractivity contribution in [2.24, 2.45) is 5.92 Å². The third-order valence-electron chi connectivity index (χ3n) is 6.11. The van der Waals surface area contributed by atoms with Gasteiger partial charge in [-0.15, -0.1) is 0 Å². The van der Waals surface area contributed by atoms with E-state index in [1.165, 1.54) is 23.8 Å². The monoisotopic (exact) mass is 579 g/mol. The van der Waals surface area contributed by atoms with E-state index in [9.17, 15) is 13.2 Å². The number of hydrogen-bond acceptors (Lipinski definition) is 4. The van der Waals surface area contributed by atoms with Gasteiger partial charge in [0.25, 0.3) is 0 Å². The smallest absolute Gasteiger partial charge is 0.538 e. The summed E-state index contributed by atoms with van der Waals surface area (Å²) < 4.78 is 34.8. The van der Waals surface area contributed by atoms with Gasteiger partial charge < -0.3 is 14.3 Å². The van der Waals surface area contributed by atoms with Crippen LogP contribution in [-0.4, -0.2) is 20.4 Å². The minimum absolute atomic E-state index is 0. The van der Waals surface area contributed by atoms with E-state index in [4.69, 9.17) is 27.9 Å². The first kappa shape index (κ1) is 30.9. The molecule has 0 spiro atoms. The Balaban J connectivity index is 0.00000400. The van der Waals surface area contributed by atoms with Gasteiger partial charge >= 0.3 is 29.6 Å². The summed E-state index contributed by atoms with van der Waals surface area (Å²) in [6.07, 6.45) is 6.75. The molecular weight excluding hydrogens is 552 g/mol. The Morgan fingerprint density at radius 3 is 2.42 bits per heavy atom. The molecule has 5 nitrogen and oxygen atoms in total. The second-order valence-electron chi connectivity index (χ2n) is 9.54. The SMILES string of the molecule is CC(C)C/C=C/c1ccc(COC2Cc3ccc(C(=O)[N-]S(=O)(=O)c4ccc(Cl)cc4Cl)cc3C2)cc1.[Na+]. The Morgan fingerprint density at radius 2 is 1.74 bits per heavy atom. The number of amides is 1. The van der Waals surface area contributed by atoms with Crippen molar-refractivity contribution in [2.75, 3.05) is 0 Å². The minimum Gasteiger partial charge on any atom is -0.538 e. The predicted molar refractivity (Wildman–Crippen MR) is 149 cm³/mol. The van der Waals surface area contributed by atoms with Crippen LogP contribution in [0.4, 0.5) is 0 Å². The van der Waals surface area contributed by atoms with Crippen LogP contribution in [0.15, 0.2) is 71.6 Å². The van der Waals surface area contributed by atoms with Crippen molar-refractivity contribution in [3.8, 4) is 0 Å². The maximum absolute atomic E-state index is 12.7. The molecule has 3 aromatic rings. The quantitative estimate of drug-likeness (QED) is 0.346. The molecule has 1 aliphatic rings. The zero-order chi connectivity index (χ0) is 26.6. The molecule has 0 N–H and O–H groups in total. The van der Waals surface area contributed by atoms with Crippen LogP contribution in [0, 0.1) is 5.92 Å². The number of ether oxygens (including phenoxy) is 1. The van der Waals surface area contributed by atoms with Gasteiger partial charge in [0.05, 0.1) is 28.5 Å². The van der Waals surface area contributed by atoms with Crippen molar-refractivity contribution in [3.63, 3.8) is 0 Å². The molecule has 1 unspecified atom stereocenters. The molecule has 38 heavy (non-hydrogen) atoms. The van der Waals surface area contributed by atoms with Gasteiger partial charge in [-0.1, -0.05) is 85.6 Å². The molecular formula is C29H28Cl2NNaO4S. The molecule has 0 saturated heterocycles. The standard InChI is InChI=1S/C29H29Cl2NO4S.Na/c1-19(2)4-3-5-20-6-8-21(9-7-20)18-36-26-15-22-10-11-23(14-24(22)16-26)29(33)32-37(34,35)28-13-12-25(30)17-27(28)31;/h3,5-14,17,19,26H,4,15-16,18H2,1-2H3,(H,32,33);/q;+1/p-1/b5-3+;. The van der Waals surface area contributed by atoms with Crippen molar-refractivity contribution in [2.45, 2.75) is 50.7 Å². The van der Waals surface area contributed by atoms with Crippen molar-refractivity contribution < 1.29 is 47.5 Å². The Kier molecular flexibility index (Phi) is 11.1. The van der Waals surface area contributed by atoms with Gasteiger partial charge in [0.2, 0.25) is 0 Å². The molecule has 1 atom stereocenters. The minimum atomic E-state index is -4.28. The van der Waals surface area contributed by atoms with Gasteiger partial charge in [-0.05, 0) is 71.7 Å². The molecule has 194 valence electrons. The first-order chi connectivity index (χ1) is 17.6. The number of halogens is 2.